The predicted molar refractivity (Wildman–Crippen MR) is 55.2 cm³/mol. The fourth-order valence-electron chi connectivity index (χ4n) is 0.754. The number of hydrogen-bond acceptors (Lipinski definition) is 7. The number of oxime groups is 1. The largest absolute Gasteiger partial charge is 0.465 e. The summed E-state index contributed by atoms with van der Waals surface area (Å²) in [5.74, 6) is 0.420. The molecule has 8 nitrogen and oxygen atoms in total. The maximum atomic E-state index is 10.1. The molecular weight excluding hydrogens is 260 g/mol. The third-order valence-electron chi connectivity index (χ3n) is 1.36. The Morgan fingerprint density at radius 1 is 1.62 bits per heavy atom. The van der Waals surface area contributed by atoms with Crippen LogP contribution in [-0.4, -0.2) is 44.2 Å². The van der Waals surface area contributed by atoms with Crippen molar-refractivity contribution in [1.82, 2.24) is 15.6 Å². The summed E-state index contributed by atoms with van der Waals surface area (Å²) in [7, 11) is 0. The Balaban J connectivity index is 2.48. The maximum absolute atomic E-state index is 10.1. The van der Waals surface area contributed by atoms with Crippen LogP contribution in [0.3, 0.4) is 0 Å². The van der Waals surface area contributed by atoms with E-state index in [0.29, 0.717) is 10.8 Å². The number of thioether (sulfide) groups is 1. The van der Waals surface area contributed by atoms with Gasteiger partial charge in [-0.1, -0.05) is 28.5 Å². The Morgan fingerprint density at radius 2 is 2.38 bits per heavy atom. The Bertz CT molecular complexity index is 396. The SMILES string of the molecule is O=C(O)NCCSc1nonc1/C(Cl)=N\O. The minimum Gasteiger partial charge on any atom is -0.465 e. The summed E-state index contributed by atoms with van der Waals surface area (Å²) in [6.07, 6.45) is -1.10. The minimum absolute atomic E-state index is 0.115. The highest BCUT2D eigenvalue weighted by Crippen LogP contribution is 2.20. The summed E-state index contributed by atoms with van der Waals surface area (Å²) in [6.45, 7) is 0.236. The first-order chi connectivity index (χ1) is 7.65. The van der Waals surface area contributed by atoms with Gasteiger partial charge in [0, 0.05) is 12.3 Å². The lowest BCUT2D eigenvalue weighted by Gasteiger charge is -1.98. The molecule has 0 bridgehead atoms. The lowest BCUT2D eigenvalue weighted by Crippen LogP contribution is -2.23. The van der Waals surface area contributed by atoms with Gasteiger partial charge in [-0.15, -0.1) is 0 Å². The Morgan fingerprint density at radius 3 is 3.00 bits per heavy atom. The molecule has 0 aliphatic rings. The van der Waals surface area contributed by atoms with Gasteiger partial charge in [-0.2, -0.15) is 0 Å². The molecule has 88 valence electrons. The average Bonchev–Trinajstić information content (AvgIpc) is 2.71. The molecule has 1 heterocycles. The fraction of sp³-hybridized carbons (Fsp3) is 0.333. The van der Waals surface area contributed by atoms with Crippen LogP contribution in [0.1, 0.15) is 5.69 Å². The van der Waals surface area contributed by atoms with Crippen molar-refractivity contribution in [3.8, 4) is 0 Å². The van der Waals surface area contributed by atoms with Crippen molar-refractivity contribution in [2.24, 2.45) is 5.16 Å². The van der Waals surface area contributed by atoms with Gasteiger partial charge in [0.2, 0.25) is 0 Å². The van der Waals surface area contributed by atoms with Crippen molar-refractivity contribution in [2.75, 3.05) is 12.3 Å². The van der Waals surface area contributed by atoms with E-state index in [1.54, 1.807) is 0 Å². The summed E-state index contributed by atoms with van der Waals surface area (Å²) in [6, 6.07) is 0. The third-order valence-corrected chi connectivity index (χ3v) is 2.56. The molecule has 0 saturated carbocycles. The van der Waals surface area contributed by atoms with E-state index in [2.05, 4.69) is 25.4 Å². The number of carbonyl (C=O) groups is 1. The van der Waals surface area contributed by atoms with Crippen molar-refractivity contribution in [3.05, 3.63) is 5.69 Å². The number of aromatic nitrogens is 2. The van der Waals surface area contributed by atoms with Crippen LogP contribution in [0.15, 0.2) is 14.8 Å². The zero-order valence-corrected chi connectivity index (χ0v) is 9.33. The van der Waals surface area contributed by atoms with Crippen molar-refractivity contribution in [3.63, 3.8) is 0 Å². The van der Waals surface area contributed by atoms with Gasteiger partial charge in [0.05, 0.1) is 0 Å². The lowest BCUT2D eigenvalue weighted by atomic mass is 10.5. The summed E-state index contributed by atoms with van der Waals surface area (Å²) in [4.78, 5) is 10.1. The molecule has 1 rings (SSSR count). The van der Waals surface area contributed by atoms with E-state index < -0.39 is 6.09 Å². The molecule has 0 fully saturated rings. The van der Waals surface area contributed by atoms with E-state index in [9.17, 15) is 4.79 Å². The summed E-state index contributed by atoms with van der Waals surface area (Å²) < 4.78 is 4.41. The third kappa shape index (κ3) is 3.59. The van der Waals surface area contributed by atoms with Crippen LogP contribution in [0.25, 0.3) is 0 Å². The molecule has 0 aliphatic heterocycles. The van der Waals surface area contributed by atoms with Crippen LogP contribution in [0.2, 0.25) is 0 Å². The molecule has 10 heteroatoms. The number of carboxylic acid groups (broad SMARTS) is 1. The molecule has 0 radical (unpaired) electrons. The van der Waals surface area contributed by atoms with Crippen molar-refractivity contribution in [1.29, 1.82) is 0 Å². The van der Waals surface area contributed by atoms with Gasteiger partial charge in [-0.3, -0.25) is 0 Å². The molecule has 0 saturated heterocycles. The van der Waals surface area contributed by atoms with E-state index in [1.165, 1.54) is 11.8 Å². The maximum Gasteiger partial charge on any atom is 0.404 e. The average molecular weight is 267 g/mol. The number of rotatable bonds is 5. The molecule has 0 spiro atoms. The number of amides is 1. The zero-order chi connectivity index (χ0) is 12.0. The van der Waals surface area contributed by atoms with E-state index in [-0.39, 0.29) is 17.4 Å². The van der Waals surface area contributed by atoms with Gasteiger partial charge in [-0.25, -0.2) is 9.42 Å². The van der Waals surface area contributed by atoms with Crippen LogP contribution < -0.4 is 5.32 Å². The first kappa shape index (κ1) is 12.6. The van der Waals surface area contributed by atoms with Crippen molar-refractivity contribution in [2.45, 2.75) is 5.03 Å². The molecule has 0 aliphatic carbocycles. The van der Waals surface area contributed by atoms with E-state index >= 15 is 0 Å². The predicted octanol–water partition coefficient (Wildman–Crippen LogP) is 0.804. The Labute approximate surface area is 98.6 Å². The number of nitrogens with zero attached hydrogens (tertiary/aromatic N) is 3. The quantitative estimate of drug-likeness (QED) is 0.237. The topological polar surface area (TPSA) is 121 Å². The summed E-state index contributed by atoms with van der Waals surface area (Å²) in [5, 5.41) is 28.7. The van der Waals surface area contributed by atoms with Crippen LogP contribution >= 0.6 is 23.4 Å². The lowest BCUT2D eigenvalue weighted by molar-refractivity contribution is 0.195. The molecule has 0 aromatic carbocycles. The molecule has 16 heavy (non-hydrogen) atoms. The van der Waals surface area contributed by atoms with Crippen LogP contribution in [0.5, 0.6) is 0 Å². The van der Waals surface area contributed by atoms with Crippen molar-refractivity contribution < 1.29 is 19.7 Å². The number of halogens is 1. The zero-order valence-electron chi connectivity index (χ0n) is 7.75. The highest BCUT2D eigenvalue weighted by Gasteiger charge is 2.15. The van der Waals surface area contributed by atoms with Gasteiger partial charge >= 0.3 is 6.09 Å². The minimum atomic E-state index is -1.10. The number of hydrogen-bond donors (Lipinski definition) is 3. The van der Waals surface area contributed by atoms with Gasteiger partial charge in [-0.05, 0) is 10.3 Å². The van der Waals surface area contributed by atoms with Crippen LogP contribution in [-0.2, 0) is 0 Å². The standard InChI is InChI=1S/C6H7ClN4O4S/c7-4(9-14)3-5(11-15-10-3)16-2-1-8-6(12)13/h8,14H,1-2H2,(H,12,13)/b9-4+. The molecule has 1 aromatic rings. The van der Waals surface area contributed by atoms with E-state index in [1.807, 2.05) is 0 Å². The second kappa shape index (κ2) is 6.18. The second-order valence-electron chi connectivity index (χ2n) is 2.39. The first-order valence-corrected chi connectivity index (χ1v) is 5.31. The monoisotopic (exact) mass is 266 g/mol. The smallest absolute Gasteiger partial charge is 0.404 e. The fourth-order valence-corrected chi connectivity index (χ4v) is 1.69. The Hall–Kier alpha value is -1.48. The van der Waals surface area contributed by atoms with E-state index in [4.69, 9.17) is 21.9 Å². The molecule has 0 atom stereocenters. The summed E-state index contributed by atoms with van der Waals surface area (Å²) >= 11 is 6.68. The Kier molecular flexibility index (Phi) is 4.86. The molecule has 1 aromatic heterocycles. The van der Waals surface area contributed by atoms with Gasteiger partial charge in [0.25, 0.3) is 0 Å². The highest BCUT2D eigenvalue weighted by molar-refractivity contribution is 7.99. The summed E-state index contributed by atoms with van der Waals surface area (Å²) in [5.41, 5.74) is 0.115. The van der Waals surface area contributed by atoms with Crippen LogP contribution in [0.4, 0.5) is 4.79 Å². The second-order valence-corrected chi connectivity index (χ2v) is 3.83. The number of nitrogens with one attached hydrogen (secondary N) is 1. The molecule has 1 amide bonds. The van der Waals surface area contributed by atoms with Crippen LogP contribution in [0, 0.1) is 0 Å². The first-order valence-electron chi connectivity index (χ1n) is 3.95. The molecule has 0 unspecified atom stereocenters. The van der Waals surface area contributed by atoms with Gasteiger partial charge < -0.3 is 15.6 Å². The van der Waals surface area contributed by atoms with Gasteiger partial charge in [0.15, 0.2) is 15.9 Å². The normalized spacial score (nSPS) is 11.4. The molecule has 3 N–H and O–H groups in total. The van der Waals surface area contributed by atoms with Crippen molar-refractivity contribution >= 4 is 34.6 Å². The van der Waals surface area contributed by atoms with E-state index in [0.717, 1.165) is 0 Å². The molecular formula is C6H7ClN4O4S. The highest BCUT2D eigenvalue weighted by atomic mass is 35.5. The van der Waals surface area contributed by atoms with Gasteiger partial charge in [0.1, 0.15) is 0 Å².